The third kappa shape index (κ3) is 6.77. The summed E-state index contributed by atoms with van der Waals surface area (Å²) in [6.45, 7) is 5.12. The van der Waals surface area contributed by atoms with Crippen LogP contribution in [0.1, 0.15) is 24.8 Å². The van der Waals surface area contributed by atoms with Gasteiger partial charge in [0, 0.05) is 51.5 Å². The summed E-state index contributed by atoms with van der Waals surface area (Å²) in [6.07, 6.45) is 3.40. The quantitative estimate of drug-likeness (QED) is 0.368. The first-order valence-corrected chi connectivity index (χ1v) is 10.1. The highest BCUT2D eigenvalue weighted by Gasteiger charge is 2.26. The van der Waals surface area contributed by atoms with Gasteiger partial charge >= 0.3 is 0 Å². The van der Waals surface area contributed by atoms with Gasteiger partial charge in [-0.25, -0.2) is 0 Å². The zero-order valence-electron chi connectivity index (χ0n) is 16.4. The summed E-state index contributed by atoms with van der Waals surface area (Å²) in [5, 5.41) is 4.14. The Morgan fingerprint density at radius 3 is 2.61 bits per heavy atom. The summed E-state index contributed by atoms with van der Waals surface area (Å²) in [4.78, 5) is 20.9. The second-order valence-electron chi connectivity index (χ2n) is 7.18. The van der Waals surface area contributed by atoms with Gasteiger partial charge in [-0.05, 0) is 42.9 Å². The first kappa shape index (κ1) is 23.2. The molecule has 28 heavy (non-hydrogen) atoms. The molecule has 0 spiro atoms. The number of carbonyl (C=O) groups is 1. The highest BCUT2D eigenvalue weighted by Crippen LogP contribution is 2.18. The van der Waals surface area contributed by atoms with Gasteiger partial charge in [-0.2, -0.15) is 0 Å². The van der Waals surface area contributed by atoms with Crippen LogP contribution in [-0.4, -0.2) is 68.1 Å². The first-order valence-electron chi connectivity index (χ1n) is 9.71. The standard InChI is InChI=1S/C20H29ClN4O2.HI/c1-22-20(23-9-6-16-7-12-27-13-8-16)25-11-10-24(19(26)15-25)14-17-2-4-18(21)5-3-17;/h2-5,16H,6-15H2,1H3,(H,22,23);1H. The summed E-state index contributed by atoms with van der Waals surface area (Å²) < 4.78 is 5.41. The van der Waals surface area contributed by atoms with E-state index in [1.807, 2.05) is 34.1 Å². The highest BCUT2D eigenvalue weighted by atomic mass is 127. The van der Waals surface area contributed by atoms with Gasteiger partial charge < -0.3 is 19.9 Å². The molecule has 0 atom stereocenters. The van der Waals surface area contributed by atoms with E-state index in [4.69, 9.17) is 16.3 Å². The minimum Gasteiger partial charge on any atom is -0.381 e. The molecule has 0 radical (unpaired) electrons. The number of nitrogens with one attached hydrogen (secondary N) is 1. The lowest BCUT2D eigenvalue weighted by Gasteiger charge is -2.36. The number of amides is 1. The van der Waals surface area contributed by atoms with Crippen molar-refractivity contribution in [1.29, 1.82) is 0 Å². The fraction of sp³-hybridized carbons (Fsp3) is 0.600. The number of hydrogen-bond donors (Lipinski definition) is 1. The Labute approximate surface area is 189 Å². The first-order chi connectivity index (χ1) is 13.2. The molecule has 1 aromatic rings. The third-order valence-corrected chi connectivity index (χ3v) is 5.55. The molecule has 2 heterocycles. The molecule has 0 aliphatic carbocycles. The van der Waals surface area contributed by atoms with Crippen molar-refractivity contribution in [3.05, 3.63) is 34.9 Å². The van der Waals surface area contributed by atoms with E-state index in [9.17, 15) is 4.79 Å². The van der Waals surface area contributed by atoms with E-state index in [0.29, 0.717) is 24.7 Å². The number of aliphatic imine (C=N–C) groups is 1. The maximum atomic E-state index is 12.6. The molecule has 0 bridgehead atoms. The topological polar surface area (TPSA) is 57.2 Å². The van der Waals surface area contributed by atoms with Crippen molar-refractivity contribution in [2.75, 3.05) is 46.4 Å². The number of guanidine groups is 1. The molecule has 6 nitrogen and oxygen atoms in total. The van der Waals surface area contributed by atoms with E-state index in [-0.39, 0.29) is 29.9 Å². The smallest absolute Gasteiger partial charge is 0.242 e. The number of hydrogen-bond acceptors (Lipinski definition) is 3. The monoisotopic (exact) mass is 520 g/mol. The largest absolute Gasteiger partial charge is 0.381 e. The van der Waals surface area contributed by atoms with Gasteiger partial charge in [-0.1, -0.05) is 23.7 Å². The molecule has 2 aliphatic rings. The molecule has 1 N–H and O–H groups in total. The predicted molar refractivity (Wildman–Crippen MR) is 123 cm³/mol. The molecule has 2 saturated heterocycles. The maximum Gasteiger partial charge on any atom is 0.242 e. The lowest BCUT2D eigenvalue weighted by Crippen LogP contribution is -2.55. The van der Waals surface area contributed by atoms with E-state index in [1.54, 1.807) is 7.05 Å². The van der Waals surface area contributed by atoms with Crippen molar-refractivity contribution < 1.29 is 9.53 Å². The number of ether oxygens (including phenoxy) is 1. The summed E-state index contributed by atoms with van der Waals surface area (Å²) in [7, 11) is 1.78. The lowest BCUT2D eigenvalue weighted by atomic mass is 9.97. The van der Waals surface area contributed by atoms with Gasteiger partial charge in [0.25, 0.3) is 0 Å². The van der Waals surface area contributed by atoms with Gasteiger partial charge in [0.1, 0.15) is 0 Å². The molecule has 156 valence electrons. The maximum absolute atomic E-state index is 12.6. The average Bonchev–Trinajstić information content (AvgIpc) is 2.69. The summed E-state index contributed by atoms with van der Waals surface area (Å²) in [5.41, 5.74) is 1.10. The van der Waals surface area contributed by atoms with Gasteiger partial charge in [0.15, 0.2) is 5.96 Å². The van der Waals surface area contributed by atoms with Crippen LogP contribution < -0.4 is 5.32 Å². The fourth-order valence-corrected chi connectivity index (χ4v) is 3.75. The Kier molecular flexibility index (Phi) is 9.81. The van der Waals surface area contributed by atoms with E-state index >= 15 is 0 Å². The molecule has 2 aliphatic heterocycles. The van der Waals surface area contributed by atoms with Crippen LogP contribution in [0.15, 0.2) is 29.3 Å². The Morgan fingerprint density at radius 2 is 1.96 bits per heavy atom. The van der Waals surface area contributed by atoms with Crippen LogP contribution in [0, 0.1) is 5.92 Å². The molecule has 1 aromatic carbocycles. The summed E-state index contributed by atoms with van der Waals surface area (Å²) in [5.74, 6) is 1.67. The number of carbonyl (C=O) groups excluding carboxylic acids is 1. The number of nitrogens with zero attached hydrogens (tertiary/aromatic N) is 3. The third-order valence-electron chi connectivity index (χ3n) is 5.29. The zero-order valence-corrected chi connectivity index (χ0v) is 19.5. The molecule has 2 fully saturated rings. The van der Waals surface area contributed by atoms with Gasteiger partial charge in [-0.15, -0.1) is 24.0 Å². The normalized spacial score (nSPS) is 18.8. The highest BCUT2D eigenvalue weighted by molar-refractivity contribution is 14.0. The summed E-state index contributed by atoms with van der Waals surface area (Å²) >= 11 is 5.93. The van der Waals surface area contributed by atoms with Crippen LogP contribution in [0.3, 0.4) is 0 Å². The summed E-state index contributed by atoms with van der Waals surface area (Å²) in [6, 6.07) is 7.67. The number of rotatable bonds is 5. The van der Waals surface area contributed by atoms with E-state index in [0.717, 1.165) is 63.0 Å². The van der Waals surface area contributed by atoms with Crippen molar-refractivity contribution in [3.63, 3.8) is 0 Å². The molecule has 8 heteroatoms. The second kappa shape index (κ2) is 11.8. The Hall–Kier alpha value is -1.06. The van der Waals surface area contributed by atoms with Crippen LogP contribution in [0.4, 0.5) is 0 Å². The van der Waals surface area contributed by atoms with E-state index < -0.39 is 0 Å². The van der Waals surface area contributed by atoms with Gasteiger partial charge in [-0.3, -0.25) is 9.79 Å². The van der Waals surface area contributed by atoms with Crippen molar-refractivity contribution in [1.82, 2.24) is 15.1 Å². The molecule has 0 saturated carbocycles. The Bertz CT molecular complexity index is 650. The number of benzene rings is 1. The fourth-order valence-electron chi connectivity index (χ4n) is 3.62. The molecule has 0 aromatic heterocycles. The Balaban J connectivity index is 0.00000280. The van der Waals surface area contributed by atoms with E-state index in [1.165, 1.54) is 0 Å². The van der Waals surface area contributed by atoms with Gasteiger partial charge in [0.2, 0.25) is 5.91 Å². The van der Waals surface area contributed by atoms with Crippen molar-refractivity contribution in [3.8, 4) is 0 Å². The van der Waals surface area contributed by atoms with E-state index in [2.05, 4.69) is 10.3 Å². The SMILES string of the molecule is CN=C(NCCC1CCOCC1)N1CCN(Cc2ccc(Cl)cc2)C(=O)C1.I. The minimum atomic E-state index is 0. The van der Waals surface area contributed by atoms with Crippen molar-refractivity contribution >= 4 is 47.4 Å². The average molecular weight is 521 g/mol. The van der Waals surface area contributed by atoms with Crippen LogP contribution in [-0.2, 0) is 16.1 Å². The minimum absolute atomic E-state index is 0. The van der Waals surface area contributed by atoms with Crippen LogP contribution >= 0.6 is 35.6 Å². The van der Waals surface area contributed by atoms with Crippen molar-refractivity contribution in [2.45, 2.75) is 25.8 Å². The zero-order chi connectivity index (χ0) is 19.1. The lowest BCUT2D eigenvalue weighted by molar-refractivity contribution is -0.135. The van der Waals surface area contributed by atoms with Crippen molar-refractivity contribution in [2.24, 2.45) is 10.9 Å². The Morgan fingerprint density at radius 1 is 1.25 bits per heavy atom. The second-order valence-corrected chi connectivity index (χ2v) is 7.62. The molecule has 3 rings (SSSR count). The van der Waals surface area contributed by atoms with Crippen LogP contribution in [0.5, 0.6) is 0 Å². The molecule has 1 amide bonds. The van der Waals surface area contributed by atoms with Crippen LogP contribution in [0.2, 0.25) is 5.02 Å². The molecular weight excluding hydrogens is 491 g/mol. The molecule has 0 unspecified atom stereocenters. The van der Waals surface area contributed by atoms with Crippen LogP contribution in [0.25, 0.3) is 0 Å². The number of halogens is 2. The van der Waals surface area contributed by atoms with Gasteiger partial charge in [0.05, 0.1) is 6.54 Å². The predicted octanol–water partition coefficient (Wildman–Crippen LogP) is 2.99. The molecular formula is C20H30ClIN4O2. The number of piperazine rings is 1.